The van der Waals surface area contributed by atoms with Gasteiger partial charge in [0.2, 0.25) is 0 Å². The van der Waals surface area contributed by atoms with Gasteiger partial charge in [-0.15, -0.1) is 0 Å². The third kappa shape index (κ3) is 3.65. The molecule has 15 heavy (non-hydrogen) atoms. The molecule has 0 saturated heterocycles. The molecule has 2 heteroatoms. The molecule has 0 aromatic heterocycles. The molecule has 0 atom stereocenters. The Labute approximate surface area is 92.4 Å². The maximum atomic E-state index is 4.98. The molecule has 0 aliphatic carbocycles. The smallest absolute Gasteiger partial charge is 0.0679 e. The van der Waals surface area contributed by atoms with Crippen LogP contribution in [0.15, 0.2) is 12.1 Å². The average Bonchev–Trinajstić information content (AvgIpc) is 2.20. The van der Waals surface area contributed by atoms with E-state index in [4.69, 9.17) is 5.90 Å². The van der Waals surface area contributed by atoms with Gasteiger partial charge in [-0.05, 0) is 62.3 Å². The number of nitrogens with two attached hydrogens (primary N) is 1. The standard InChI is InChI=1S/C13H21NO/c1-10-8-12(3)13(9-11(10)2)6-4-5-7-15-14/h8-9H,4-7,14H2,1-3H3. The van der Waals surface area contributed by atoms with Crippen LogP contribution in [0.25, 0.3) is 0 Å². The molecule has 0 aliphatic heterocycles. The van der Waals surface area contributed by atoms with Crippen molar-refractivity contribution >= 4 is 0 Å². The molecule has 0 amide bonds. The molecule has 0 spiro atoms. The molecule has 2 nitrogen and oxygen atoms in total. The Morgan fingerprint density at radius 2 is 1.67 bits per heavy atom. The van der Waals surface area contributed by atoms with Crippen molar-refractivity contribution in [1.82, 2.24) is 0 Å². The van der Waals surface area contributed by atoms with Crippen LogP contribution in [0.4, 0.5) is 0 Å². The summed E-state index contributed by atoms with van der Waals surface area (Å²) in [5.74, 6) is 4.98. The highest BCUT2D eigenvalue weighted by Gasteiger charge is 2.01. The molecule has 84 valence electrons. The first-order chi connectivity index (χ1) is 7.15. The fourth-order valence-corrected chi connectivity index (χ4v) is 1.79. The summed E-state index contributed by atoms with van der Waals surface area (Å²) in [5.41, 5.74) is 5.61. The third-order valence-electron chi connectivity index (χ3n) is 2.91. The van der Waals surface area contributed by atoms with Gasteiger partial charge in [0.05, 0.1) is 6.61 Å². The van der Waals surface area contributed by atoms with E-state index in [1.807, 2.05) is 0 Å². The lowest BCUT2D eigenvalue weighted by Gasteiger charge is -2.09. The monoisotopic (exact) mass is 207 g/mol. The maximum absolute atomic E-state index is 4.98. The zero-order valence-electron chi connectivity index (χ0n) is 9.97. The first-order valence-electron chi connectivity index (χ1n) is 5.53. The Balaban J connectivity index is 2.57. The minimum Gasteiger partial charge on any atom is -0.305 e. The minimum atomic E-state index is 0.657. The van der Waals surface area contributed by atoms with Crippen LogP contribution in [0.5, 0.6) is 0 Å². The van der Waals surface area contributed by atoms with Crippen molar-refractivity contribution in [2.24, 2.45) is 5.90 Å². The zero-order chi connectivity index (χ0) is 11.3. The van der Waals surface area contributed by atoms with Crippen LogP contribution in [-0.4, -0.2) is 6.61 Å². The Bertz CT molecular complexity index is 321. The van der Waals surface area contributed by atoms with Crippen LogP contribution in [-0.2, 0) is 11.3 Å². The largest absolute Gasteiger partial charge is 0.305 e. The average molecular weight is 207 g/mol. The van der Waals surface area contributed by atoms with E-state index in [9.17, 15) is 0 Å². The lowest BCUT2D eigenvalue weighted by molar-refractivity contribution is 0.134. The topological polar surface area (TPSA) is 35.2 Å². The van der Waals surface area contributed by atoms with Crippen LogP contribution >= 0.6 is 0 Å². The Hall–Kier alpha value is -0.860. The summed E-state index contributed by atoms with van der Waals surface area (Å²) in [4.78, 5) is 4.55. The fraction of sp³-hybridized carbons (Fsp3) is 0.538. The molecule has 0 unspecified atom stereocenters. The number of hydrogen-bond donors (Lipinski definition) is 1. The van der Waals surface area contributed by atoms with Crippen LogP contribution in [0, 0.1) is 20.8 Å². The van der Waals surface area contributed by atoms with Gasteiger partial charge in [-0.3, -0.25) is 0 Å². The molecular formula is C13H21NO. The van der Waals surface area contributed by atoms with Crippen LogP contribution in [0.1, 0.15) is 35.1 Å². The number of unbranched alkanes of at least 4 members (excludes halogenated alkanes) is 1. The summed E-state index contributed by atoms with van der Waals surface area (Å²) >= 11 is 0. The molecule has 0 heterocycles. The third-order valence-corrected chi connectivity index (χ3v) is 2.91. The lowest BCUT2D eigenvalue weighted by Crippen LogP contribution is -2.01. The van der Waals surface area contributed by atoms with Crippen molar-refractivity contribution < 1.29 is 4.84 Å². The molecule has 1 rings (SSSR count). The first-order valence-corrected chi connectivity index (χ1v) is 5.53. The SMILES string of the molecule is Cc1cc(C)c(CCCCON)cc1C. The van der Waals surface area contributed by atoms with Gasteiger partial charge < -0.3 is 4.84 Å². The van der Waals surface area contributed by atoms with E-state index in [1.54, 1.807) is 0 Å². The van der Waals surface area contributed by atoms with E-state index in [0.29, 0.717) is 6.61 Å². The summed E-state index contributed by atoms with van der Waals surface area (Å²) in [7, 11) is 0. The Morgan fingerprint density at radius 1 is 1.00 bits per heavy atom. The van der Waals surface area contributed by atoms with Gasteiger partial charge in [-0.2, -0.15) is 0 Å². The summed E-state index contributed by atoms with van der Waals surface area (Å²) in [6, 6.07) is 4.57. The minimum absolute atomic E-state index is 0.657. The summed E-state index contributed by atoms with van der Waals surface area (Å²) < 4.78 is 0. The van der Waals surface area contributed by atoms with Crippen LogP contribution in [0.2, 0.25) is 0 Å². The zero-order valence-corrected chi connectivity index (χ0v) is 9.97. The van der Waals surface area contributed by atoms with E-state index >= 15 is 0 Å². The summed E-state index contributed by atoms with van der Waals surface area (Å²) in [5, 5.41) is 0. The number of hydrogen-bond acceptors (Lipinski definition) is 2. The second kappa shape index (κ2) is 5.89. The lowest BCUT2D eigenvalue weighted by atomic mass is 9.97. The van der Waals surface area contributed by atoms with Gasteiger partial charge in [-0.25, -0.2) is 5.90 Å². The van der Waals surface area contributed by atoms with E-state index in [2.05, 4.69) is 37.7 Å². The molecule has 0 fully saturated rings. The second-order valence-corrected chi connectivity index (χ2v) is 4.19. The van der Waals surface area contributed by atoms with Crippen molar-refractivity contribution in [3.63, 3.8) is 0 Å². The molecule has 0 aliphatic rings. The molecule has 0 radical (unpaired) electrons. The fourth-order valence-electron chi connectivity index (χ4n) is 1.79. The second-order valence-electron chi connectivity index (χ2n) is 4.19. The summed E-state index contributed by atoms with van der Waals surface area (Å²) in [6.45, 7) is 7.17. The number of benzene rings is 1. The van der Waals surface area contributed by atoms with Gasteiger partial charge in [0.25, 0.3) is 0 Å². The highest BCUT2D eigenvalue weighted by atomic mass is 16.6. The van der Waals surface area contributed by atoms with Crippen molar-refractivity contribution in [1.29, 1.82) is 0 Å². The van der Waals surface area contributed by atoms with Crippen LogP contribution in [0.3, 0.4) is 0 Å². The van der Waals surface area contributed by atoms with Crippen molar-refractivity contribution in [2.45, 2.75) is 40.0 Å². The highest BCUT2D eigenvalue weighted by Crippen LogP contribution is 2.17. The van der Waals surface area contributed by atoms with Gasteiger partial charge in [-0.1, -0.05) is 12.1 Å². The predicted molar refractivity (Wildman–Crippen MR) is 63.7 cm³/mol. The Morgan fingerprint density at radius 3 is 2.33 bits per heavy atom. The van der Waals surface area contributed by atoms with E-state index in [0.717, 1.165) is 19.3 Å². The number of aryl methyl sites for hydroxylation is 4. The van der Waals surface area contributed by atoms with Crippen LogP contribution < -0.4 is 5.90 Å². The molecule has 2 N–H and O–H groups in total. The number of rotatable bonds is 5. The van der Waals surface area contributed by atoms with E-state index in [1.165, 1.54) is 22.3 Å². The van der Waals surface area contributed by atoms with E-state index < -0.39 is 0 Å². The van der Waals surface area contributed by atoms with Crippen molar-refractivity contribution in [3.8, 4) is 0 Å². The molecule has 0 saturated carbocycles. The first kappa shape index (κ1) is 12.2. The molecular weight excluding hydrogens is 186 g/mol. The normalized spacial score (nSPS) is 10.7. The van der Waals surface area contributed by atoms with Crippen molar-refractivity contribution in [3.05, 3.63) is 34.4 Å². The maximum Gasteiger partial charge on any atom is 0.0679 e. The molecule has 1 aromatic rings. The summed E-state index contributed by atoms with van der Waals surface area (Å²) in [6.07, 6.45) is 3.29. The van der Waals surface area contributed by atoms with E-state index in [-0.39, 0.29) is 0 Å². The quantitative estimate of drug-likeness (QED) is 0.595. The van der Waals surface area contributed by atoms with Gasteiger partial charge in [0, 0.05) is 0 Å². The van der Waals surface area contributed by atoms with Crippen molar-refractivity contribution in [2.75, 3.05) is 6.61 Å². The van der Waals surface area contributed by atoms with Gasteiger partial charge in [0.15, 0.2) is 0 Å². The van der Waals surface area contributed by atoms with Gasteiger partial charge >= 0.3 is 0 Å². The molecule has 0 bridgehead atoms. The molecule has 1 aromatic carbocycles. The predicted octanol–water partition coefficient (Wildman–Crippen LogP) is 2.82. The highest BCUT2D eigenvalue weighted by molar-refractivity contribution is 5.36. The Kier molecular flexibility index (Phi) is 4.79. The van der Waals surface area contributed by atoms with Gasteiger partial charge in [0.1, 0.15) is 0 Å².